The zero-order valence-electron chi connectivity index (χ0n) is 7.89. The van der Waals surface area contributed by atoms with Crippen molar-refractivity contribution in [1.82, 2.24) is 0 Å². The van der Waals surface area contributed by atoms with E-state index >= 15 is 0 Å². The first-order chi connectivity index (χ1) is 4.20. The Balaban J connectivity index is -0.000000320. The van der Waals surface area contributed by atoms with Crippen LogP contribution in [0.3, 0.4) is 0 Å². The van der Waals surface area contributed by atoms with Gasteiger partial charge in [-0.05, 0) is 13.3 Å². The van der Waals surface area contributed by atoms with Crippen molar-refractivity contribution in [3.8, 4) is 0 Å². The molecule has 3 heteroatoms. The molecule has 0 amide bonds. The molecule has 0 aromatic carbocycles. The fraction of sp³-hybridized carbons (Fsp3) is 0.571. The van der Waals surface area contributed by atoms with Gasteiger partial charge in [0.1, 0.15) is 0 Å². The molecule has 10 heavy (non-hydrogen) atoms. The summed E-state index contributed by atoms with van der Waals surface area (Å²) in [5, 5.41) is 0. The van der Waals surface area contributed by atoms with Crippen LogP contribution >= 0.6 is 0 Å². The van der Waals surface area contributed by atoms with E-state index in [1.807, 2.05) is 13.8 Å². The van der Waals surface area contributed by atoms with Crippen LogP contribution in [0.25, 0.3) is 0 Å². The van der Waals surface area contributed by atoms with Crippen LogP contribution in [0.2, 0.25) is 0 Å². The summed E-state index contributed by atoms with van der Waals surface area (Å²) in [4.78, 5) is 10.4. The first-order valence-electron chi connectivity index (χ1n) is 3.03. The molecule has 0 N–H and O–H groups in total. The van der Waals surface area contributed by atoms with Crippen molar-refractivity contribution in [2.75, 3.05) is 0 Å². The second-order valence-electron chi connectivity index (χ2n) is 1.86. The first kappa shape index (κ1) is 12.8. The number of carbonyl (C=O) groups is 1. The fourth-order valence-corrected chi connectivity index (χ4v) is 0.330. The van der Waals surface area contributed by atoms with Gasteiger partial charge in [0.15, 0.2) is 0 Å². The van der Waals surface area contributed by atoms with Gasteiger partial charge in [-0.25, -0.2) is 4.79 Å². The number of ether oxygens (including phenoxy) is 1. The smallest absolute Gasteiger partial charge is 1.00 e. The molecule has 0 spiro atoms. The maximum atomic E-state index is 10.4. The summed E-state index contributed by atoms with van der Waals surface area (Å²) in [7, 11) is 0. The van der Waals surface area contributed by atoms with Crippen molar-refractivity contribution in [2.45, 2.75) is 26.4 Å². The fourth-order valence-electron chi connectivity index (χ4n) is 0.330. The summed E-state index contributed by atoms with van der Waals surface area (Å²) in [6.07, 6.45) is 2.03. The standard InChI is InChI=1S/C7H12O2.Na.H/c1-4-6(3)9-7(8)5-2;;/h5-6H,2,4H2,1,3H3;;/q;+1;-1. The van der Waals surface area contributed by atoms with Crippen molar-refractivity contribution >= 4 is 5.97 Å². The Morgan fingerprint density at radius 3 is 2.70 bits per heavy atom. The maximum Gasteiger partial charge on any atom is 1.00 e. The summed E-state index contributed by atoms with van der Waals surface area (Å²) in [6, 6.07) is 0. The Hall–Kier alpha value is 0.210. The van der Waals surface area contributed by atoms with Crippen LogP contribution in [-0.2, 0) is 9.53 Å². The molecule has 0 saturated carbocycles. The van der Waals surface area contributed by atoms with Crippen LogP contribution in [0.5, 0.6) is 0 Å². The Bertz CT molecular complexity index is 117. The van der Waals surface area contributed by atoms with Gasteiger partial charge in [0.2, 0.25) is 0 Å². The van der Waals surface area contributed by atoms with E-state index < -0.39 is 0 Å². The van der Waals surface area contributed by atoms with Gasteiger partial charge < -0.3 is 6.16 Å². The molecule has 0 aromatic rings. The molecular formula is C7H13NaO2. The number of hydrogen-bond donors (Lipinski definition) is 0. The third kappa shape index (κ3) is 6.33. The number of rotatable bonds is 3. The SMILES string of the molecule is C=CC(=O)OC(C)CC.[H-].[Na+]. The molecule has 1 atom stereocenters. The van der Waals surface area contributed by atoms with E-state index in [9.17, 15) is 4.79 Å². The van der Waals surface area contributed by atoms with Crippen molar-refractivity contribution in [3.63, 3.8) is 0 Å². The van der Waals surface area contributed by atoms with Gasteiger partial charge in [-0.3, -0.25) is 0 Å². The minimum atomic E-state index is -0.343. The molecular weight excluding hydrogens is 139 g/mol. The quantitative estimate of drug-likeness (QED) is 0.283. The number of carbonyl (C=O) groups excluding carboxylic acids is 1. The van der Waals surface area contributed by atoms with Crippen LogP contribution in [0.1, 0.15) is 21.7 Å². The number of hydrogen-bond acceptors (Lipinski definition) is 2. The van der Waals surface area contributed by atoms with Crippen LogP contribution in [0, 0.1) is 0 Å². The van der Waals surface area contributed by atoms with Crippen molar-refractivity contribution in [2.24, 2.45) is 0 Å². The Labute approximate surface area is 85.4 Å². The van der Waals surface area contributed by atoms with Gasteiger partial charge >= 0.3 is 35.5 Å². The molecule has 0 aliphatic rings. The number of esters is 1. The maximum absolute atomic E-state index is 10.4. The van der Waals surface area contributed by atoms with E-state index in [-0.39, 0.29) is 43.1 Å². The van der Waals surface area contributed by atoms with Gasteiger partial charge in [-0.1, -0.05) is 13.5 Å². The van der Waals surface area contributed by atoms with Crippen LogP contribution < -0.4 is 29.6 Å². The summed E-state index contributed by atoms with van der Waals surface area (Å²) < 4.78 is 4.79. The monoisotopic (exact) mass is 152 g/mol. The summed E-state index contributed by atoms with van der Waals surface area (Å²) in [5.41, 5.74) is 0. The third-order valence-corrected chi connectivity index (χ3v) is 1.06. The average Bonchev–Trinajstić information content (AvgIpc) is 1.87. The van der Waals surface area contributed by atoms with Crippen molar-refractivity contribution in [1.29, 1.82) is 0 Å². The zero-order valence-corrected chi connectivity index (χ0v) is 8.89. The van der Waals surface area contributed by atoms with Crippen molar-refractivity contribution < 1.29 is 40.5 Å². The predicted molar refractivity (Wildman–Crippen MR) is 37.2 cm³/mol. The Kier molecular flexibility index (Phi) is 9.40. The normalized spacial score (nSPS) is 11.0. The van der Waals surface area contributed by atoms with E-state index in [2.05, 4.69) is 6.58 Å². The Morgan fingerprint density at radius 2 is 2.40 bits per heavy atom. The first-order valence-corrected chi connectivity index (χ1v) is 3.03. The van der Waals surface area contributed by atoms with E-state index in [0.29, 0.717) is 0 Å². The molecule has 0 rings (SSSR count). The van der Waals surface area contributed by atoms with Gasteiger partial charge in [0, 0.05) is 6.08 Å². The summed E-state index contributed by atoms with van der Waals surface area (Å²) >= 11 is 0. The summed E-state index contributed by atoms with van der Waals surface area (Å²) in [5.74, 6) is -0.343. The molecule has 0 aliphatic carbocycles. The molecule has 54 valence electrons. The zero-order chi connectivity index (χ0) is 7.28. The van der Waals surface area contributed by atoms with Gasteiger partial charge in [-0.2, -0.15) is 0 Å². The second kappa shape index (κ2) is 7.32. The minimum absolute atomic E-state index is 0. The molecule has 0 radical (unpaired) electrons. The molecule has 0 saturated heterocycles. The van der Waals surface area contributed by atoms with Crippen molar-refractivity contribution in [3.05, 3.63) is 12.7 Å². The molecule has 2 nitrogen and oxygen atoms in total. The van der Waals surface area contributed by atoms with Gasteiger partial charge in [0.05, 0.1) is 6.10 Å². The van der Waals surface area contributed by atoms with Crippen LogP contribution in [0.15, 0.2) is 12.7 Å². The average molecular weight is 152 g/mol. The second-order valence-corrected chi connectivity index (χ2v) is 1.86. The molecule has 1 unspecified atom stereocenters. The van der Waals surface area contributed by atoms with E-state index in [1.54, 1.807) is 0 Å². The van der Waals surface area contributed by atoms with E-state index in [1.165, 1.54) is 6.08 Å². The minimum Gasteiger partial charge on any atom is -1.00 e. The molecule has 0 aliphatic heterocycles. The van der Waals surface area contributed by atoms with Crippen LogP contribution in [0.4, 0.5) is 0 Å². The van der Waals surface area contributed by atoms with Gasteiger partial charge in [-0.15, -0.1) is 0 Å². The molecule has 0 bridgehead atoms. The molecule has 0 fully saturated rings. The van der Waals surface area contributed by atoms with E-state index in [4.69, 9.17) is 4.74 Å². The van der Waals surface area contributed by atoms with E-state index in [0.717, 1.165) is 6.42 Å². The third-order valence-electron chi connectivity index (χ3n) is 1.06. The molecule has 0 aromatic heterocycles. The topological polar surface area (TPSA) is 26.3 Å². The van der Waals surface area contributed by atoms with Crippen LogP contribution in [-0.4, -0.2) is 12.1 Å². The molecule has 0 heterocycles. The largest absolute Gasteiger partial charge is 1.00 e. The Morgan fingerprint density at radius 1 is 1.90 bits per heavy atom. The predicted octanol–water partition coefficient (Wildman–Crippen LogP) is -1.37. The van der Waals surface area contributed by atoms with Gasteiger partial charge in [0.25, 0.3) is 0 Å². The summed E-state index contributed by atoms with van der Waals surface area (Å²) in [6.45, 7) is 7.08.